The number of rotatable bonds is 1. The lowest BCUT2D eigenvalue weighted by molar-refractivity contribution is 0.112. The van der Waals surface area contributed by atoms with Crippen molar-refractivity contribution in [2.75, 3.05) is 0 Å². The van der Waals surface area contributed by atoms with Gasteiger partial charge < -0.3 is 15.3 Å². The molecule has 0 saturated carbocycles. The maximum atomic E-state index is 10.1. The highest BCUT2D eigenvalue weighted by molar-refractivity contribution is 5.81. The summed E-state index contributed by atoms with van der Waals surface area (Å²) in [6.45, 7) is 0. The van der Waals surface area contributed by atoms with Crippen molar-refractivity contribution in [3.05, 3.63) is 17.7 Å². The molecular weight excluding hydrogens is 176 g/mol. The van der Waals surface area contributed by atoms with Crippen LogP contribution in [-0.4, -0.2) is 21.6 Å². The molecule has 1 aromatic carbocycles. The maximum Gasteiger partial charge on any atom is 0.201 e. The van der Waals surface area contributed by atoms with E-state index in [0.717, 1.165) is 6.07 Å². The van der Waals surface area contributed by atoms with Gasteiger partial charge in [0, 0.05) is 0 Å². The molecule has 0 radical (unpaired) electrons. The molecule has 13 heavy (non-hydrogen) atoms. The number of nitrogens with two attached hydrogens (primary N) is 2. The summed E-state index contributed by atoms with van der Waals surface area (Å²) in [6.07, 6.45) is 0.383. The fraction of sp³-hybridized carbons (Fsp3) is 0. The molecule has 0 saturated heterocycles. The standard InChI is InChI=1S/C7H6O4.H4N2/c8-3-4-1-2-5(9)7(11)6(4)10;1-2/h1-3,9-11H;1-2H2. The van der Waals surface area contributed by atoms with Crippen molar-refractivity contribution in [1.82, 2.24) is 0 Å². The van der Waals surface area contributed by atoms with Crippen molar-refractivity contribution in [2.24, 2.45) is 11.7 Å². The van der Waals surface area contributed by atoms with Crippen molar-refractivity contribution in [3.63, 3.8) is 0 Å². The second-order valence-corrected chi connectivity index (χ2v) is 1.99. The third-order valence-electron chi connectivity index (χ3n) is 1.29. The van der Waals surface area contributed by atoms with Gasteiger partial charge in [-0.2, -0.15) is 0 Å². The molecule has 0 spiro atoms. The van der Waals surface area contributed by atoms with E-state index >= 15 is 0 Å². The highest BCUT2D eigenvalue weighted by Gasteiger charge is 2.09. The zero-order valence-electron chi connectivity index (χ0n) is 6.64. The van der Waals surface area contributed by atoms with Gasteiger partial charge in [-0.05, 0) is 12.1 Å². The van der Waals surface area contributed by atoms with Crippen molar-refractivity contribution >= 4 is 6.29 Å². The maximum absolute atomic E-state index is 10.1. The quantitative estimate of drug-likeness (QED) is 0.173. The molecular formula is C7H10N2O4. The monoisotopic (exact) mass is 186 g/mol. The minimum Gasteiger partial charge on any atom is -0.504 e. The Balaban J connectivity index is 0.000000671. The molecule has 1 rings (SSSR count). The van der Waals surface area contributed by atoms with E-state index in [4.69, 9.17) is 15.3 Å². The van der Waals surface area contributed by atoms with Gasteiger partial charge >= 0.3 is 0 Å². The van der Waals surface area contributed by atoms with Gasteiger partial charge in [0.25, 0.3) is 0 Å². The van der Waals surface area contributed by atoms with Gasteiger partial charge in [0.05, 0.1) is 5.56 Å². The number of hydrazine groups is 1. The Morgan fingerprint density at radius 3 is 2.08 bits per heavy atom. The van der Waals surface area contributed by atoms with Crippen molar-refractivity contribution < 1.29 is 20.1 Å². The van der Waals surface area contributed by atoms with E-state index in [1.807, 2.05) is 0 Å². The molecule has 0 heterocycles. The number of aldehydes is 1. The normalized spacial score (nSPS) is 8.46. The van der Waals surface area contributed by atoms with Crippen molar-refractivity contribution in [3.8, 4) is 17.2 Å². The SMILES string of the molecule is NN.O=Cc1ccc(O)c(O)c1O. The largest absolute Gasteiger partial charge is 0.504 e. The Hall–Kier alpha value is -1.79. The minimum absolute atomic E-state index is 0.0553. The molecule has 0 aromatic heterocycles. The van der Waals surface area contributed by atoms with Gasteiger partial charge in [-0.3, -0.25) is 16.5 Å². The van der Waals surface area contributed by atoms with Crippen molar-refractivity contribution in [1.29, 1.82) is 0 Å². The number of phenols is 3. The molecule has 0 aliphatic carbocycles. The van der Waals surface area contributed by atoms with Gasteiger partial charge in [-0.15, -0.1) is 0 Å². The molecule has 0 fully saturated rings. The molecule has 0 bridgehead atoms. The predicted molar refractivity (Wildman–Crippen MR) is 45.2 cm³/mol. The first-order valence-electron chi connectivity index (χ1n) is 3.19. The van der Waals surface area contributed by atoms with Gasteiger partial charge in [0.1, 0.15) is 0 Å². The summed E-state index contributed by atoms with van der Waals surface area (Å²) < 4.78 is 0. The molecule has 0 aliphatic heterocycles. The number of hydrogen-bond donors (Lipinski definition) is 5. The van der Waals surface area contributed by atoms with Crippen LogP contribution in [0.2, 0.25) is 0 Å². The van der Waals surface area contributed by atoms with Crippen LogP contribution in [0, 0.1) is 0 Å². The summed E-state index contributed by atoms with van der Waals surface area (Å²) in [5.74, 6) is 6.28. The molecule has 0 aliphatic rings. The van der Waals surface area contributed by atoms with Crippen LogP contribution in [0.4, 0.5) is 0 Å². The molecule has 6 nitrogen and oxygen atoms in total. The summed E-state index contributed by atoms with van der Waals surface area (Å²) >= 11 is 0. The fourth-order valence-corrected chi connectivity index (χ4v) is 0.680. The zero-order valence-corrected chi connectivity index (χ0v) is 6.64. The third kappa shape index (κ3) is 2.32. The lowest BCUT2D eigenvalue weighted by atomic mass is 10.2. The first-order chi connectivity index (χ1) is 6.16. The lowest BCUT2D eigenvalue weighted by Crippen LogP contribution is -2.02. The Kier molecular flexibility index (Phi) is 4.28. The number of carbonyl (C=O) groups excluding carboxylic acids is 1. The van der Waals surface area contributed by atoms with Crippen LogP contribution in [0.5, 0.6) is 17.2 Å². The highest BCUT2D eigenvalue weighted by atomic mass is 16.3. The summed E-state index contributed by atoms with van der Waals surface area (Å²) in [6, 6.07) is 2.33. The minimum atomic E-state index is -0.672. The lowest BCUT2D eigenvalue weighted by Gasteiger charge is -2.00. The molecule has 6 heteroatoms. The smallest absolute Gasteiger partial charge is 0.201 e. The van der Waals surface area contributed by atoms with Gasteiger partial charge in [-0.1, -0.05) is 0 Å². The highest BCUT2D eigenvalue weighted by Crippen LogP contribution is 2.35. The van der Waals surface area contributed by atoms with Gasteiger partial charge in [-0.25, -0.2) is 0 Å². The van der Waals surface area contributed by atoms with E-state index in [2.05, 4.69) is 11.7 Å². The van der Waals surface area contributed by atoms with Crippen LogP contribution in [-0.2, 0) is 0 Å². The van der Waals surface area contributed by atoms with E-state index < -0.39 is 17.2 Å². The van der Waals surface area contributed by atoms with Crippen LogP contribution < -0.4 is 11.7 Å². The zero-order chi connectivity index (χ0) is 10.4. The average molecular weight is 186 g/mol. The Morgan fingerprint density at radius 1 is 1.08 bits per heavy atom. The predicted octanol–water partition coefficient (Wildman–Crippen LogP) is -0.565. The molecule has 0 amide bonds. The van der Waals surface area contributed by atoms with Crippen LogP contribution in [0.3, 0.4) is 0 Å². The number of hydrogen-bond acceptors (Lipinski definition) is 6. The van der Waals surface area contributed by atoms with E-state index in [9.17, 15) is 4.79 Å². The molecule has 0 unspecified atom stereocenters. The van der Waals surface area contributed by atoms with Gasteiger partial charge in [0.2, 0.25) is 5.75 Å². The Morgan fingerprint density at radius 2 is 1.62 bits per heavy atom. The number of carbonyl (C=O) groups is 1. The summed E-state index contributed by atoms with van der Waals surface area (Å²) in [4.78, 5) is 10.1. The van der Waals surface area contributed by atoms with E-state index in [1.165, 1.54) is 6.07 Å². The Bertz CT molecular complexity index is 301. The first kappa shape index (κ1) is 11.2. The van der Waals surface area contributed by atoms with Crippen LogP contribution in [0.15, 0.2) is 12.1 Å². The van der Waals surface area contributed by atoms with Crippen molar-refractivity contribution in [2.45, 2.75) is 0 Å². The van der Waals surface area contributed by atoms with Crippen LogP contribution >= 0.6 is 0 Å². The average Bonchev–Trinajstić information content (AvgIpc) is 2.18. The Labute approximate surface area is 74.0 Å². The summed E-state index contributed by atoms with van der Waals surface area (Å²) in [5.41, 5.74) is -0.0553. The summed E-state index contributed by atoms with van der Waals surface area (Å²) in [7, 11) is 0. The third-order valence-corrected chi connectivity index (χ3v) is 1.29. The molecule has 1 aromatic rings. The molecule has 7 N–H and O–H groups in total. The second kappa shape index (κ2) is 4.96. The number of aromatic hydroxyl groups is 3. The first-order valence-corrected chi connectivity index (χ1v) is 3.19. The summed E-state index contributed by atoms with van der Waals surface area (Å²) in [5, 5.41) is 26.6. The fourth-order valence-electron chi connectivity index (χ4n) is 0.680. The van der Waals surface area contributed by atoms with Crippen LogP contribution in [0.1, 0.15) is 10.4 Å². The van der Waals surface area contributed by atoms with E-state index in [-0.39, 0.29) is 5.56 Å². The number of benzene rings is 1. The van der Waals surface area contributed by atoms with E-state index in [1.54, 1.807) is 0 Å². The van der Waals surface area contributed by atoms with E-state index in [0.29, 0.717) is 6.29 Å². The molecule has 0 atom stereocenters. The van der Waals surface area contributed by atoms with Gasteiger partial charge in [0.15, 0.2) is 17.8 Å². The topological polar surface area (TPSA) is 130 Å². The number of phenolic OH excluding ortho intramolecular Hbond substituents is 3. The molecule has 72 valence electrons. The second-order valence-electron chi connectivity index (χ2n) is 1.99. The van der Waals surface area contributed by atoms with Crippen LogP contribution in [0.25, 0.3) is 0 Å².